The molecule has 3 heterocycles. The van der Waals surface area contributed by atoms with Gasteiger partial charge < -0.3 is 9.88 Å². The Bertz CT molecular complexity index is 1440. The van der Waals surface area contributed by atoms with Crippen LogP contribution >= 0.6 is 0 Å². The SMILES string of the molecule is Cc1ccc(C(=O)N2CCC[C@@H](c3nc4c(nnn4Cc4ccc(C(C)(C)C)cc4)c(=O)[nH]3)C2)cc1. The molecule has 0 saturated carbocycles. The fourth-order valence-electron chi connectivity index (χ4n) is 4.73. The Balaban J connectivity index is 1.39. The molecular weight excluding hydrogens is 452 g/mol. The van der Waals surface area contributed by atoms with E-state index in [4.69, 9.17) is 4.98 Å². The minimum Gasteiger partial charge on any atom is -0.338 e. The molecular formula is C28H32N6O2. The number of aryl methyl sites for hydroxylation is 1. The summed E-state index contributed by atoms with van der Waals surface area (Å²) in [4.78, 5) is 35.5. The van der Waals surface area contributed by atoms with Crippen LogP contribution in [0.2, 0.25) is 0 Å². The van der Waals surface area contributed by atoms with Gasteiger partial charge in [-0.15, -0.1) is 5.10 Å². The minimum absolute atomic E-state index is 0.00790. The van der Waals surface area contributed by atoms with E-state index in [1.54, 1.807) is 4.68 Å². The molecule has 1 aliphatic rings. The second kappa shape index (κ2) is 9.33. The molecule has 1 amide bonds. The number of piperidine rings is 1. The molecule has 0 aliphatic carbocycles. The molecule has 0 bridgehead atoms. The van der Waals surface area contributed by atoms with Crippen molar-refractivity contribution >= 4 is 17.1 Å². The molecule has 2 aromatic heterocycles. The lowest BCUT2D eigenvalue weighted by molar-refractivity contribution is 0.0704. The van der Waals surface area contributed by atoms with Gasteiger partial charge >= 0.3 is 0 Å². The van der Waals surface area contributed by atoms with Crippen LogP contribution in [0.15, 0.2) is 53.3 Å². The lowest BCUT2D eigenvalue weighted by Gasteiger charge is -2.32. The smallest absolute Gasteiger partial charge is 0.281 e. The summed E-state index contributed by atoms with van der Waals surface area (Å²) in [6, 6.07) is 16.1. The number of benzene rings is 2. The second-order valence-corrected chi connectivity index (χ2v) is 10.8. The van der Waals surface area contributed by atoms with Crippen LogP contribution in [0.3, 0.4) is 0 Å². The first kappa shape index (κ1) is 23.9. The number of H-pyrrole nitrogens is 1. The number of hydrogen-bond acceptors (Lipinski definition) is 5. The molecule has 2 aromatic carbocycles. The normalized spacial score (nSPS) is 16.4. The zero-order valence-electron chi connectivity index (χ0n) is 21.3. The molecule has 4 aromatic rings. The monoisotopic (exact) mass is 484 g/mol. The fraction of sp³-hybridized carbons (Fsp3) is 0.393. The third-order valence-electron chi connectivity index (χ3n) is 6.94. The van der Waals surface area contributed by atoms with E-state index in [1.807, 2.05) is 36.1 Å². The molecule has 8 nitrogen and oxygen atoms in total. The predicted octanol–water partition coefficient (Wildman–Crippen LogP) is 4.19. The van der Waals surface area contributed by atoms with E-state index in [9.17, 15) is 9.59 Å². The Morgan fingerprint density at radius 2 is 1.81 bits per heavy atom. The maximum Gasteiger partial charge on any atom is 0.281 e. The lowest BCUT2D eigenvalue weighted by atomic mass is 9.87. The molecule has 36 heavy (non-hydrogen) atoms. The quantitative estimate of drug-likeness (QED) is 0.469. The number of carbonyl (C=O) groups is 1. The average Bonchev–Trinajstić information content (AvgIpc) is 3.27. The van der Waals surface area contributed by atoms with Crippen LogP contribution in [0.4, 0.5) is 0 Å². The van der Waals surface area contributed by atoms with E-state index in [-0.39, 0.29) is 28.3 Å². The van der Waals surface area contributed by atoms with Gasteiger partial charge in [0.2, 0.25) is 0 Å². The highest BCUT2D eigenvalue weighted by molar-refractivity contribution is 5.94. The largest absolute Gasteiger partial charge is 0.338 e. The van der Waals surface area contributed by atoms with Crippen LogP contribution in [0.25, 0.3) is 11.2 Å². The van der Waals surface area contributed by atoms with Gasteiger partial charge in [0.1, 0.15) is 5.82 Å². The van der Waals surface area contributed by atoms with Crippen molar-refractivity contribution in [1.29, 1.82) is 0 Å². The zero-order valence-corrected chi connectivity index (χ0v) is 21.3. The molecule has 186 valence electrons. The number of likely N-dealkylation sites (tertiary alicyclic amines) is 1. The first-order valence-electron chi connectivity index (χ1n) is 12.5. The molecule has 1 N–H and O–H groups in total. The van der Waals surface area contributed by atoms with Crippen LogP contribution in [0.1, 0.15) is 72.4 Å². The molecule has 1 saturated heterocycles. The summed E-state index contributed by atoms with van der Waals surface area (Å²) in [5, 5.41) is 8.31. The van der Waals surface area contributed by atoms with Crippen molar-refractivity contribution in [2.24, 2.45) is 0 Å². The van der Waals surface area contributed by atoms with Gasteiger partial charge in [0.05, 0.1) is 6.54 Å². The Labute approximate surface area is 210 Å². The summed E-state index contributed by atoms with van der Waals surface area (Å²) in [5.74, 6) is 0.536. The maximum absolute atomic E-state index is 13.1. The van der Waals surface area contributed by atoms with Crippen molar-refractivity contribution in [2.45, 2.75) is 58.4 Å². The van der Waals surface area contributed by atoms with E-state index in [2.05, 4.69) is 60.3 Å². The summed E-state index contributed by atoms with van der Waals surface area (Å²) in [7, 11) is 0. The first-order chi connectivity index (χ1) is 17.2. The van der Waals surface area contributed by atoms with Crippen molar-refractivity contribution in [1.82, 2.24) is 29.9 Å². The van der Waals surface area contributed by atoms with Crippen molar-refractivity contribution in [2.75, 3.05) is 13.1 Å². The highest BCUT2D eigenvalue weighted by atomic mass is 16.2. The number of fused-ring (bicyclic) bond motifs is 1. The summed E-state index contributed by atoms with van der Waals surface area (Å²) < 4.78 is 1.68. The Hall–Kier alpha value is -3.81. The fourth-order valence-corrected chi connectivity index (χ4v) is 4.73. The molecule has 5 rings (SSSR count). The summed E-state index contributed by atoms with van der Waals surface area (Å²) in [6.07, 6.45) is 1.70. The number of nitrogens with one attached hydrogen (secondary N) is 1. The van der Waals surface area contributed by atoms with E-state index in [0.717, 1.165) is 24.0 Å². The van der Waals surface area contributed by atoms with Gasteiger partial charge in [0, 0.05) is 24.6 Å². The molecule has 1 aliphatic heterocycles. The Morgan fingerprint density at radius 3 is 2.50 bits per heavy atom. The van der Waals surface area contributed by atoms with E-state index >= 15 is 0 Å². The number of nitrogens with zero attached hydrogens (tertiary/aromatic N) is 5. The number of aromatic amines is 1. The van der Waals surface area contributed by atoms with E-state index in [1.165, 1.54) is 5.56 Å². The van der Waals surface area contributed by atoms with Gasteiger partial charge in [0.25, 0.3) is 11.5 Å². The molecule has 0 unspecified atom stereocenters. The molecule has 0 radical (unpaired) electrons. The van der Waals surface area contributed by atoms with Gasteiger partial charge in [-0.25, -0.2) is 9.67 Å². The highest BCUT2D eigenvalue weighted by Crippen LogP contribution is 2.26. The van der Waals surface area contributed by atoms with Crippen molar-refractivity contribution < 1.29 is 4.79 Å². The van der Waals surface area contributed by atoms with Crippen LogP contribution in [-0.2, 0) is 12.0 Å². The summed E-state index contributed by atoms with van der Waals surface area (Å²) >= 11 is 0. The molecule has 1 atom stereocenters. The van der Waals surface area contributed by atoms with Gasteiger partial charge in [-0.2, -0.15) is 0 Å². The van der Waals surface area contributed by atoms with Crippen molar-refractivity contribution in [3.8, 4) is 0 Å². The summed E-state index contributed by atoms with van der Waals surface area (Å²) in [6.45, 7) is 10.2. The summed E-state index contributed by atoms with van der Waals surface area (Å²) in [5.41, 5.74) is 4.60. The number of rotatable bonds is 4. The van der Waals surface area contributed by atoms with Crippen LogP contribution in [0, 0.1) is 6.92 Å². The second-order valence-electron chi connectivity index (χ2n) is 10.8. The van der Waals surface area contributed by atoms with Gasteiger partial charge in [0.15, 0.2) is 11.2 Å². The van der Waals surface area contributed by atoms with Crippen molar-refractivity contribution in [3.63, 3.8) is 0 Å². The molecule has 1 fully saturated rings. The lowest BCUT2D eigenvalue weighted by Crippen LogP contribution is -2.40. The molecule has 8 heteroatoms. The van der Waals surface area contributed by atoms with Crippen LogP contribution in [-0.4, -0.2) is 48.9 Å². The standard InChI is InChI=1S/C28H32N6O2/c1-18-7-11-20(12-8-18)27(36)33-15-5-6-21(17-33)24-29-25-23(26(35)30-24)31-32-34(25)16-19-9-13-22(14-10-19)28(2,3)4/h7-14,21H,5-6,15-17H2,1-4H3,(H,29,30,35)/t21-/m1/s1. The average molecular weight is 485 g/mol. The highest BCUT2D eigenvalue weighted by Gasteiger charge is 2.28. The Kier molecular flexibility index (Phi) is 6.20. The van der Waals surface area contributed by atoms with Crippen molar-refractivity contribution in [3.05, 3.63) is 87.0 Å². The molecule has 0 spiro atoms. The number of carbonyl (C=O) groups excluding carboxylic acids is 1. The predicted molar refractivity (Wildman–Crippen MR) is 139 cm³/mol. The van der Waals surface area contributed by atoms with Gasteiger partial charge in [-0.3, -0.25) is 9.59 Å². The number of amides is 1. The number of aromatic nitrogens is 5. The van der Waals surface area contributed by atoms with E-state index < -0.39 is 0 Å². The van der Waals surface area contributed by atoms with Gasteiger partial charge in [-0.1, -0.05) is 67.9 Å². The zero-order chi connectivity index (χ0) is 25.4. The third-order valence-corrected chi connectivity index (χ3v) is 6.94. The van der Waals surface area contributed by atoms with Crippen LogP contribution < -0.4 is 5.56 Å². The Morgan fingerprint density at radius 1 is 1.08 bits per heavy atom. The number of hydrogen-bond donors (Lipinski definition) is 1. The van der Waals surface area contributed by atoms with Crippen LogP contribution in [0.5, 0.6) is 0 Å². The van der Waals surface area contributed by atoms with E-state index in [0.29, 0.717) is 36.7 Å². The minimum atomic E-state index is -0.300. The topological polar surface area (TPSA) is 96.8 Å². The maximum atomic E-state index is 13.1. The first-order valence-corrected chi connectivity index (χ1v) is 12.5. The third kappa shape index (κ3) is 4.80. The van der Waals surface area contributed by atoms with Gasteiger partial charge in [-0.05, 0) is 48.4 Å².